The Hall–Kier alpha value is -0.590. The first kappa shape index (κ1) is 20.7. The lowest BCUT2D eigenvalue weighted by atomic mass is 9.47. The van der Waals surface area contributed by atoms with Crippen LogP contribution in [0.2, 0.25) is 0 Å². The van der Waals surface area contributed by atoms with Gasteiger partial charge in [-0.1, -0.05) is 65.5 Å². The van der Waals surface area contributed by atoms with E-state index in [4.69, 9.17) is 0 Å². The third-order valence-electron chi connectivity index (χ3n) is 10.1. The van der Waals surface area contributed by atoms with Gasteiger partial charge in [-0.3, -0.25) is 4.79 Å². The van der Waals surface area contributed by atoms with E-state index in [1.165, 1.54) is 56.9 Å². The molecule has 0 heterocycles. The minimum Gasteiger partial charge on any atom is -0.299 e. The molecule has 4 aliphatic rings. The molecule has 0 aliphatic heterocycles. The second-order valence-corrected chi connectivity index (χ2v) is 12.0. The van der Waals surface area contributed by atoms with Crippen molar-refractivity contribution in [2.45, 2.75) is 105 Å². The average Bonchev–Trinajstić information content (AvgIpc) is 2.99. The predicted octanol–water partition coefficient (Wildman–Crippen LogP) is 7.60. The highest BCUT2D eigenvalue weighted by molar-refractivity contribution is 5.82. The van der Waals surface area contributed by atoms with E-state index in [0.29, 0.717) is 16.6 Å². The molecule has 0 saturated heterocycles. The molecular weight excluding hydrogens is 340 g/mol. The number of allylic oxidation sites excluding steroid dienone is 2. The zero-order valence-electron chi connectivity index (χ0n) is 19.2. The molecule has 0 radical (unpaired) electrons. The van der Waals surface area contributed by atoms with Gasteiger partial charge >= 0.3 is 0 Å². The highest BCUT2D eigenvalue weighted by atomic mass is 16.1. The largest absolute Gasteiger partial charge is 0.299 e. The Kier molecular flexibility index (Phi) is 5.60. The zero-order chi connectivity index (χ0) is 20.1. The molecule has 0 N–H and O–H groups in total. The van der Waals surface area contributed by atoms with Gasteiger partial charge in [-0.25, -0.2) is 0 Å². The quantitative estimate of drug-likeness (QED) is 0.446. The fourth-order valence-corrected chi connectivity index (χ4v) is 8.50. The van der Waals surface area contributed by atoms with Crippen molar-refractivity contribution >= 4 is 5.78 Å². The van der Waals surface area contributed by atoms with Crippen molar-refractivity contribution in [2.75, 3.05) is 0 Å². The van der Waals surface area contributed by atoms with E-state index in [9.17, 15) is 4.79 Å². The van der Waals surface area contributed by atoms with Gasteiger partial charge in [0.25, 0.3) is 0 Å². The van der Waals surface area contributed by atoms with Gasteiger partial charge in [0.2, 0.25) is 0 Å². The Balaban J connectivity index is 1.50. The monoisotopic (exact) mass is 384 g/mol. The van der Waals surface area contributed by atoms with Gasteiger partial charge in [-0.15, -0.1) is 0 Å². The number of hydrogen-bond donors (Lipinski definition) is 0. The van der Waals surface area contributed by atoms with Crippen molar-refractivity contribution in [1.82, 2.24) is 0 Å². The number of hydrogen-bond acceptors (Lipinski definition) is 1. The van der Waals surface area contributed by atoms with Crippen LogP contribution in [-0.4, -0.2) is 5.78 Å². The first-order valence-electron chi connectivity index (χ1n) is 12.5. The number of ketones is 1. The summed E-state index contributed by atoms with van der Waals surface area (Å²) in [7, 11) is 0. The normalized spacial score (nSPS) is 43.9. The molecule has 3 saturated carbocycles. The first-order chi connectivity index (χ1) is 13.3. The summed E-state index contributed by atoms with van der Waals surface area (Å²) < 4.78 is 0. The summed E-state index contributed by atoms with van der Waals surface area (Å²) in [5, 5.41) is 0. The molecule has 158 valence electrons. The van der Waals surface area contributed by atoms with Crippen molar-refractivity contribution in [1.29, 1.82) is 0 Å². The van der Waals surface area contributed by atoms with Crippen LogP contribution in [0.15, 0.2) is 11.6 Å². The Morgan fingerprint density at radius 2 is 1.82 bits per heavy atom. The molecule has 4 aliphatic carbocycles. The number of carbonyl (C=O) groups excluding carboxylic acids is 1. The maximum Gasteiger partial charge on any atom is 0.136 e. The molecule has 5 unspecified atom stereocenters. The summed E-state index contributed by atoms with van der Waals surface area (Å²) in [6.07, 6.45) is 16.5. The lowest BCUT2D eigenvalue weighted by Crippen LogP contribution is -2.50. The summed E-state index contributed by atoms with van der Waals surface area (Å²) in [5.74, 6) is 5.82. The minimum absolute atomic E-state index is 0.332. The van der Waals surface area contributed by atoms with Gasteiger partial charge in [0.05, 0.1) is 0 Å². The molecule has 0 aromatic heterocycles. The fraction of sp³-hybridized carbons (Fsp3) is 0.889. The van der Waals surface area contributed by atoms with Gasteiger partial charge in [0.1, 0.15) is 5.78 Å². The zero-order valence-corrected chi connectivity index (χ0v) is 19.2. The maximum absolute atomic E-state index is 12.1. The molecule has 0 aromatic carbocycles. The van der Waals surface area contributed by atoms with Crippen LogP contribution in [0.4, 0.5) is 0 Å². The third-order valence-corrected chi connectivity index (χ3v) is 10.1. The SMILES string of the molecule is CC(C)CCCC(C)C1CCC2C3CC=C4CC(=O)CC[C@@]4(C)C3CC[C@@]12C. The average molecular weight is 385 g/mol. The molecule has 0 amide bonds. The smallest absolute Gasteiger partial charge is 0.136 e. The predicted molar refractivity (Wildman–Crippen MR) is 118 cm³/mol. The number of carbonyl (C=O) groups is 1. The van der Waals surface area contributed by atoms with Crippen LogP contribution in [0.25, 0.3) is 0 Å². The highest BCUT2D eigenvalue weighted by Crippen LogP contribution is 2.67. The number of fused-ring (bicyclic) bond motifs is 5. The van der Waals surface area contributed by atoms with Crippen LogP contribution in [0.1, 0.15) is 105 Å². The van der Waals surface area contributed by atoms with E-state index < -0.39 is 0 Å². The second-order valence-electron chi connectivity index (χ2n) is 12.0. The van der Waals surface area contributed by atoms with Crippen LogP contribution >= 0.6 is 0 Å². The van der Waals surface area contributed by atoms with Crippen molar-refractivity contribution in [3.8, 4) is 0 Å². The Labute approximate surface area is 174 Å². The number of Topliss-reactive ketones (excluding diaryl/α,β-unsaturated/α-hetero) is 1. The van der Waals surface area contributed by atoms with Crippen LogP contribution in [-0.2, 0) is 4.79 Å². The highest BCUT2D eigenvalue weighted by Gasteiger charge is 2.59. The molecule has 7 atom stereocenters. The summed E-state index contributed by atoms with van der Waals surface area (Å²) in [5.41, 5.74) is 2.43. The van der Waals surface area contributed by atoms with Gasteiger partial charge in [0, 0.05) is 12.8 Å². The molecule has 0 spiro atoms. The molecule has 0 bridgehead atoms. The van der Waals surface area contributed by atoms with E-state index >= 15 is 0 Å². The molecule has 1 heteroatoms. The molecule has 3 fully saturated rings. The Morgan fingerprint density at radius 3 is 2.57 bits per heavy atom. The van der Waals surface area contributed by atoms with Crippen LogP contribution < -0.4 is 0 Å². The van der Waals surface area contributed by atoms with Crippen molar-refractivity contribution in [3.63, 3.8) is 0 Å². The Bertz CT molecular complexity index is 630. The van der Waals surface area contributed by atoms with Crippen molar-refractivity contribution < 1.29 is 4.79 Å². The molecular formula is C27H44O. The van der Waals surface area contributed by atoms with Crippen LogP contribution in [0, 0.1) is 46.3 Å². The van der Waals surface area contributed by atoms with E-state index in [1.807, 2.05) is 0 Å². The van der Waals surface area contributed by atoms with E-state index in [-0.39, 0.29) is 0 Å². The van der Waals surface area contributed by atoms with E-state index in [1.54, 1.807) is 0 Å². The summed E-state index contributed by atoms with van der Waals surface area (Å²) in [6.45, 7) is 12.5. The van der Waals surface area contributed by atoms with Crippen LogP contribution in [0.3, 0.4) is 0 Å². The topological polar surface area (TPSA) is 17.1 Å². The third kappa shape index (κ3) is 3.33. The summed E-state index contributed by atoms with van der Waals surface area (Å²) in [6, 6.07) is 0. The second kappa shape index (κ2) is 7.59. The van der Waals surface area contributed by atoms with Gasteiger partial charge in [-0.2, -0.15) is 0 Å². The van der Waals surface area contributed by atoms with E-state index in [0.717, 1.165) is 54.8 Å². The lowest BCUT2D eigenvalue weighted by molar-refractivity contribution is -0.122. The lowest BCUT2D eigenvalue weighted by Gasteiger charge is -2.58. The van der Waals surface area contributed by atoms with Crippen molar-refractivity contribution in [2.24, 2.45) is 46.3 Å². The van der Waals surface area contributed by atoms with Crippen LogP contribution in [0.5, 0.6) is 0 Å². The van der Waals surface area contributed by atoms with Crippen molar-refractivity contribution in [3.05, 3.63) is 11.6 Å². The van der Waals surface area contributed by atoms with Gasteiger partial charge in [-0.05, 0) is 84.9 Å². The minimum atomic E-state index is 0.332. The first-order valence-corrected chi connectivity index (χ1v) is 12.5. The van der Waals surface area contributed by atoms with Gasteiger partial charge < -0.3 is 0 Å². The fourth-order valence-electron chi connectivity index (χ4n) is 8.50. The number of rotatable bonds is 5. The standard InChI is InChI=1S/C27H44O/c1-18(2)7-6-8-19(3)23-11-12-24-22-10-9-20-17-21(28)13-15-26(20,4)25(22)14-16-27(23,24)5/h9,18-19,22-25H,6-8,10-17H2,1-5H3/t19?,22?,23?,24?,25?,26-,27+/m1/s1. The Morgan fingerprint density at radius 1 is 1.04 bits per heavy atom. The molecule has 0 aromatic rings. The maximum atomic E-state index is 12.1. The van der Waals surface area contributed by atoms with E-state index in [2.05, 4.69) is 40.7 Å². The molecule has 1 nitrogen and oxygen atoms in total. The molecule has 4 rings (SSSR count). The summed E-state index contributed by atoms with van der Waals surface area (Å²) in [4.78, 5) is 12.1. The molecule has 28 heavy (non-hydrogen) atoms. The van der Waals surface area contributed by atoms with Gasteiger partial charge in [0.15, 0.2) is 0 Å². The summed E-state index contributed by atoms with van der Waals surface area (Å²) >= 11 is 0.